The lowest BCUT2D eigenvalue weighted by Gasteiger charge is -2.09. The van der Waals surface area contributed by atoms with Crippen molar-refractivity contribution in [1.82, 2.24) is 5.32 Å². The van der Waals surface area contributed by atoms with Gasteiger partial charge in [-0.25, -0.2) is 13.6 Å². The molecule has 8 heteroatoms. The standard InChI is InChI=1S/C14H8Cl2F2N2O2/c15-8-2-1-3-9(16)12(8)13(21)20-14(22)19-11-6-7(17)4-5-10(11)18/h1-6H,(H2,19,20,21,22). The van der Waals surface area contributed by atoms with Crippen molar-refractivity contribution in [2.45, 2.75) is 0 Å². The molecule has 0 aliphatic heterocycles. The van der Waals surface area contributed by atoms with Gasteiger partial charge in [-0.15, -0.1) is 0 Å². The van der Waals surface area contributed by atoms with E-state index in [-0.39, 0.29) is 15.6 Å². The highest BCUT2D eigenvalue weighted by molar-refractivity contribution is 6.40. The predicted octanol–water partition coefficient (Wildman–Crippen LogP) is 4.23. The molecular weight excluding hydrogens is 337 g/mol. The number of hydrogen-bond donors (Lipinski definition) is 2. The van der Waals surface area contributed by atoms with Crippen molar-refractivity contribution in [3.8, 4) is 0 Å². The van der Waals surface area contributed by atoms with E-state index < -0.39 is 29.3 Å². The van der Waals surface area contributed by atoms with E-state index in [4.69, 9.17) is 23.2 Å². The fourth-order valence-corrected chi connectivity index (χ4v) is 2.20. The van der Waals surface area contributed by atoms with Crippen molar-refractivity contribution in [3.63, 3.8) is 0 Å². The number of anilines is 1. The number of carbonyl (C=O) groups is 2. The number of carbonyl (C=O) groups excluding carboxylic acids is 2. The van der Waals surface area contributed by atoms with E-state index in [0.717, 1.165) is 18.2 Å². The Hall–Kier alpha value is -2.18. The zero-order valence-corrected chi connectivity index (χ0v) is 12.3. The number of urea groups is 1. The summed E-state index contributed by atoms with van der Waals surface area (Å²) >= 11 is 11.7. The lowest BCUT2D eigenvalue weighted by molar-refractivity contribution is 0.0967. The summed E-state index contributed by atoms with van der Waals surface area (Å²) in [5.74, 6) is -2.46. The molecule has 0 fully saturated rings. The second-order valence-electron chi connectivity index (χ2n) is 4.13. The molecule has 0 aliphatic rings. The second-order valence-corrected chi connectivity index (χ2v) is 4.94. The van der Waals surface area contributed by atoms with Crippen LogP contribution in [0.2, 0.25) is 10.0 Å². The minimum Gasteiger partial charge on any atom is -0.305 e. The Morgan fingerprint density at radius 1 is 1.00 bits per heavy atom. The van der Waals surface area contributed by atoms with Crippen molar-refractivity contribution in [1.29, 1.82) is 0 Å². The Kier molecular flexibility index (Phi) is 4.95. The molecule has 2 aromatic carbocycles. The maximum atomic E-state index is 13.4. The Bertz CT molecular complexity index is 733. The molecule has 3 amide bonds. The molecule has 0 saturated heterocycles. The van der Waals surface area contributed by atoms with Crippen LogP contribution >= 0.6 is 23.2 Å². The molecule has 0 heterocycles. The largest absolute Gasteiger partial charge is 0.326 e. The number of rotatable bonds is 2. The van der Waals surface area contributed by atoms with E-state index in [9.17, 15) is 18.4 Å². The van der Waals surface area contributed by atoms with Gasteiger partial charge in [-0.2, -0.15) is 0 Å². The number of benzene rings is 2. The van der Waals surface area contributed by atoms with Gasteiger partial charge in [0.1, 0.15) is 11.6 Å². The van der Waals surface area contributed by atoms with E-state index in [1.54, 1.807) is 0 Å². The molecule has 0 unspecified atom stereocenters. The van der Waals surface area contributed by atoms with Gasteiger partial charge < -0.3 is 5.32 Å². The van der Waals surface area contributed by atoms with Gasteiger partial charge in [-0.3, -0.25) is 10.1 Å². The molecule has 0 radical (unpaired) electrons. The molecule has 2 N–H and O–H groups in total. The van der Waals surface area contributed by atoms with Crippen molar-refractivity contribution in [3.05, 3.63) is 63.6 Å². The van der Waals surface area contributed by atoms with Crippen LogP contribution in [-0.4, -0.2) is 11.9 Å². The molecular formula is C14H8Cl2F2N2O2. The van der Waals surface area contributed by atoms with Gasteiger partial charge in [-0.1, -0.05) is 29.3 Å². The molecule has 4 nitrogen and oxygen atoms in total. The monoisotopic (exact) mass is 344 g/mol. The highest BCUT2D eigenvalue weighted by atomic mass is 35.5. The van der Waals surface area contributed by atoms with Gasteiger partial charge in [0.05, 0.1) is 21.3 Å². The van der Waals surface area contributed by atoms with Crippen LogP contribution in [0, 0.1) is 11.6 Å². The summed E-state index contributed by atoms with van der Waals surface area (Å²) in [5.41, 5.74) is -0.503. The first kappa shape index (κ1) is 16.2. The van der Waals surface area contributed by atoms with Crippen molar-refractivity contribution < 1.29 is 18.4 Å². The third-order valence-corrected chi connectivity index (χ3v) is 3.22. The van der Waals surface area contributed by atoms with Gasteiger partial charge in [0.2, 0.25) is 0 Å². The first-order valence-corrected chi connectivity index (χ1v) is 6.65. The molecule has 0 atom stereocenters. The van der Waals surface area contributed by atoms with Crippen LogP contribution in [-0.2, 0) is 0 Å². The summed E-state index contributed by atoms with van der Waals surface area (Å²) in [5, 5.41) is 4.05. The van der Waals surface area contributed by atoms with Crippen LogP contribution < -0.4 is 10.6 Å². The highest BCUT2D eigenvalue weighted by Crippen LogP contribution is 2.24. The van der Waals surface area contributed by atoms with E-state index >= 15 is 0 Å². The second kappa shape index (κ2) is 6.72. The molecule has 2 aromatic rings. The number of nitrogens with one attached hydrogen (secondary N) is 2. The zero-order valence-electron chi connectivity index (χ0n) is 10.8. The van der Waals surface area contributed by atoms with Gasteiger partial charge in [0.15, 0.2) is 0 Å². The van der Waals surface area contributed by atoms with Crippen LogP contribution in [0.3, 0.4) is 0 Å². The molecule has 114 valence electrons. The fraction of sp³-hybridized carbons (Fsp3) is 0. The quantitative estimate of drug-likeness (QED) is 0.856. The molecule has 0 saturated carbocycles. The third kappa shape index (κ3) is 3.72. The average Bonchev–Trinajstić information content (AvgIpc) is 2.42. The van der Waals surface area contributed by atoms with Crippen LogP contribution in [0.4, 0.5) is 19.3 Å². The number of hydrogen-bond acceptors (Lipinski definition) is 2. The number of imide groups is 1. The van der Waals surface area contributed by atoms with Gasteiger partial charge in [-0.05, 0) is 24.3 Å². The van der Waals surface area contributed by atoms with E-state index in [1.165, 1.54) is 18.2 Å². The van der Waals surface area contributed by atoms with Crippen LogP contribution in [0.1, 0.15) is 10.4 Å². The van der Waals surface area contributed by atoms with Crippen molar-refractivity contribution in [2.75, 3.05) is 5.32 Å². The topological polar surface area (TPSA) is 58.2 Å². The normalized spacial score (nSPS) is 10.2. The zero-order chi connectivity index (χ0) is 16.3. The Balaban J connectivity index is 2.12. The summed E-state index contributed by atoms with van der Waals surface area (Å²) in [6.45, 7) is 0. The van der Waals surface area contributed by atoms with Gasteiger partial charge >= 0.3 is 6.03 Å². The molecule has 0 bridgehead atoms. The van der Waals surface area contributed by atoms with Crippen LogP contribution in [0.15, 0.2) is 36.4 Å². The van der Waals surface area contributed by atoms with Gasteiger partial charge in [0.25, 0.3) is 5.91 Å². The van der Waals surface area contributed by atoms with E-state index in [2.05, 4.69) is 0 Å². The van der Waals surface area contributed by atoms with Crippen LogP contribution in [0.5, 0.6) is 0 Å². The minimum absolute atomic E-state index is 0.0507. The maximum absolute atomic E-state index is 13.4. The SMILES string of the molecule is O=C(NC(=O)c1c(Cl)cccc1Cl)Nc1cc(F)ccc1F. The van der Waals surface area contributed by atoms with Crippen molar-refractivity contribution >= 4 is 40.8 Å². The van der Waals surface area contributed by atoms with E-state index in [1.807, 2.05) is 10.6 Å². The predicted molar refractivity (Wildman–Crippen MR) is 79.3 cm³/mol. The minimum atomic E-state index is -1.05. The first-order valence-electron chi connectivity index (χ1n) is 5.90. The highest BCUT2D eigenvalue weighted by Gasteiger charge is 2.17. The number of amides is 3. The molecule has 0 aromatic heterocycles. The van der Waals surface area contributed by atoms with E-state index in [0.29, 0.717) is 0 Å². The summed E-state index contributed by atoms with van der Waals surface area (Å²) in [4.78, 5) is 23.6. The lowest BCUT2D eigenvalue weighted by Crippen LogP contribution is -2.35. The summed E-state index contributed by atoms with van der Waals surface area (Å²) in [6.07, 6.45) is 0. The van der Waals surface area contributed by atoms with Gasteiger partial charge in [0, 0.05) is 6.07 Å². The molecule has 22 heavy (non-hydrogen) atoms. The fourth-order valence-electron chi connectivity index (χ4n) is 1.63. The summed E-state index contributed by atoms with van der Waals surface area (Å²) in [7, 11) is 0. The smallest absolute Gasteiger partial charge is 0.305 e. The maximum Gasteiger partial charge on any atom is 0.326 e. The average molecular weight is 345 g/mol. The Morgan fingerprint density at radius 3 is 2.27 bits per heavy atom. The molecule has 0 aliphatic carbocycles. The first-order chi connectivity index (χ1) is 10.4. The van der Waals surface area contributed by atoms with Crippen LogP contribution in [0.25, 0.3) is 0 Å². The number of halogens is 4. The third-order valence-electron chi connectivity index (χ3n) is 2.59. The molecule has 2 rings (SSSR count). The lowest BCUT2D eigenvalue weighted by atomic mass is 10.2. The molecule has 0 spiro atoms. The van der Waals surface area contributed by atoms with Crippen molar-refractivity contribution in [2.24, 2.45) is 0 Å². The Labute approximate surface area is 134 Å². The Morgan fingerprint density at radius 2 is 1.64 bits per heavy atom. The summed E-state index contributed by atoms with van der Waals surface area (Å²) < 4.78 is 26.4. The summed E-state index contributed by atoms with van der Waals surface area (Å²) in [6, 6.07) is 5.85.